The topological polar surface area (TPSA) is 101 Å². The van der Waals surface area contributed by atoms with Crippen molar-refractivity contribution < 1.29 is 19.8 Å². The minimum absolute atomic E-state index is 0.583. The molecule has 1 saturated carbocycles. The van der Waals surface area contributed by atoms with Gasteiger partial charge in [-0.15, -0.1) is 0 Å². The summed E-state index contributed by atoms with van der Waals surface area (Å²) in [4.78, 5) is 18.2. The Labute approximate surface area is 57.5 Å². The number of carbonyl (C=O) groups is 2. The molecule has 1 aliphatic carbocycles. The minimum atomic E-state index is -1.82. The van der Waals surface area contributed by atoms with E-state index in [9.17, 15) is 0 Å². The number of rotatable bonds is 0. The van der Waals surface area contributed by atoms with Gasteiger partial charge in [0.2, 0.25) is 0 Å². The van der Waals surface area contributed by atoms with Crippen molar-refractivity contribution in [2.24, 2.45) is 5.73 Å². The van der Waals surface area contributed by atoms with Gasteiger partial charge in [-0.25, -0.2) is 9.59 Å². The Morgan fingerprint density at radius 1 is 1.20 bits per heavy atom. The van der Waals surface area contributed by atoms with Gasteiger partial charge in [0.05, 0.1) is 0 Å². The van der Waals surface area contributed by atoms with Crippen LogP contribution in [-0.2, 0) is 9.59 Å². The van der Waals surface area contributed by atoms with E-state index in [0.29, 0.717) is 6.04 Å². The van der Waals surface area contributed by atoms with Crippen LogP contribution in [0.3, 0.4) is 0 Å². The van der Waals surface area contributed by atoms with E-state index in [1.807, 2.05) is 0 Å². The van der Waals surface area contributed by atoms with Crippen molar-refractivity contribution in [3.8, 4) is 0 Å². The second-order valence-electron chi connectivity index (χ2n) is 1.95. The van der Waals surface area contributed by atoms with Crippen molar-refractivity contribution in [2.75, 3.05) is 0 Å². The van der Waals surface area contributed by atoms with E-state index in [2.05, 4.69) is 0 Å². The number of carboxylic acid groups (broad SMARTS) is 2. The average molecular weight is 147 g/mol. The first-order valence-electron chi connectivity index (χ1n) is 2.76. The van der Waals surface area contributed by atoms with E-state index in [0.717, 1.165) is 0 Å². The maximum Gasteiger partial charge on any atom is 0.414 e. The summed E-state index contributed by atoms with van der Waals surface area (Å²) in [5.74, 6) is -3.65. The Balaban J connectivity index is 0.000000172. The van der Waals surface area contributed by atoms with Crippen LogP contribution in [0.25, 0.3) is 0 Å². The van der Waals surface area contributed by atoms with Crippen molar-refractivity contribution in [1.82, 2.24) is 0 Å². The molecule has 0 bridgehead atoms. The van der Waals surface area contributed by atoms with Gasteiger partial charge in [-0.2, -0.15) is 0 Å². The van der Waals surface area contributed by atoms with Crippen molar-refractivity contribution in [3.05, 3.63) is 0 Å². The molecule has 1 fully saturated rings. The van der Waals surface area contributed by atoms with Gasteiger partial charge in [-0.1, -0.05) is 0 Å². The molecule has 10 heavy (non-hydrogen) atoms. The molecule has 4 N–H and O–H groups in total. The smallest absolute Gasteiger partial charge is 0.414 e. The highest BCUT2D eigenvalue weighted by molar-refractivity contribution is 6.27. The summed E-state index contributed by atoms with van der Waals surface area (Å²) in [6.45, 7) is 0. The lowest BCUT2D eigenvalue weighted by Gasteiger charge is -1.72. The van der Waals surface area contributed by atoms with Crippen LogP contribution in [0.2, 0.25) is 0 Å². The molecule has 0 amide bonds. The normalized spacial score (nSPS) is 14.9. The number of carboxylic acids is 2. The number of aliphatic carboxylic acids is 2. The van der Waals surface area contributed by atoms with Crippen molar-refractivity contribution >= 4 is 11.9 Å². The second kappa shape index (κ2) is 3.84. The average Bonchev–Trinajstić information content (AvgIpc) is 2.52. The van der Waals surface area contributed by atoms with Crippen molar-refractivity contribution in [1.29, 1.82) is 0 Å². The lowest BCUT2D eigenvalue weighted by atomic mass is 10.7. The third-order valence-corrected chi connectivity index (χ3v) is 0.805. The Morgan fingerprint density at radius 2 is 1.40 bits per heavy atom. The number of hydrogen-bond donors (Lipinski definition) is 3. The second-order valence-corrected chi connectivity index (χ2v) is 1.95. The van der Waals surface area contributed by atoms with E-state index in [1.165, 1.54) is 12.8 Å². The first-order chi connectivity index (χ1) is 4.54. The minimum Gasteiger partial charge on any atom is -0.473 e. The standard InChI is InChI=1S/C3H7N.C2H2O4/c4-3-1-2-3;3-1(4)2(5)6/h3H,1-2,4H2;(H,3,4)(H,5,6). The fourth-order valence-electron chi connectivity index (χ4n) is 0.0962. The fraction of sp³-hybridized carbons (Fsp3) is 0.600. The Hall–Kier alpha value is -1.10. The summed E-state index contributed by atoms with van der Waals surface area (Å²) in [5, 5.41) is 14.8. The van der Waals surface area contributed by atoms with E-state index in [4.69, 9.17) is 25.5 Å². The van der Waals surface area contributed by atoms with E-state index < -0.39 is 11.9 Å². The van der Waals surface area contributed by atoms with Gasteiger partial charge in [0.1, 0.15) is 0 Å². The fourth-order valence-corrected chi connectivity index (χ4v) is 0.0962. The molecule has 58 valence electrons. The maximum absolute atomic E-state index is 9.10. The third kappa shape index (κ3) is 6.90. The van der Waals surface area contributed by atoms with Crippen LogP contribution in [-0.4, -0.2) is 28.2 Å². The maximum atomic E-state index is 9.10. The largest absolute Gasteiger partial charge is 0.473 e. The lowest BCUT2D eigenvalue weighted by Crippen LogP contribution is -2.09. The van der Waals surface area contributed by atoms with Crippen LogP contribution in [0.5, 0.6) is 0 Å². The quantitative estimate of drug-likeness (QED) is 0.392. The molecule has 0 aromatic carbocycles. The highest BCUT2D eigenvalue weighted by Gasteiger charge is 2.13. The van der Waals surface area contributed by atoms with Crippen LogP contribution < -0.4 is 5.73 Å². The van der Waals surface area contributed by atoms with Crippen LogP contribution >= 0.6 is 0 Å². The molecule has 0 radical (unpaired) electrons. The van der Waals surface area contributed by atoms with Crippen molar-refractivity contribution in [3.63, 3.8) is 0 Å². The molecule has 0 saturated heterocycles. The Kier molecular flexibility index (Phi) is 3.42. The summed E-state index contributed by atoms with van der Waals surface area (Å²) in [7, 11) is 0. The van der Waals surface area contributed by atoms with Gasteiger partial charge in [-0.3, -0.25) is 0 Å². The van der Waals surface area contributed by atoms with E-state index in [1.54, 1.807) is 0 Å². The van der Waals surface area contributed by atoms with Gasteiger partial charge < -0.3 is 15.9 Å². The highest BCUT2D eigenvalue weighted by atomic mass is 16.4. The van der Waals surface area contributed by atoms with Gasteiger partial charge >= 0.3 is 11.9 Å². The summed E-state index contributed by atoms with van der Waals surface area (Å²) in [5.41, 5.74) is 5.22. The zero-order valence-electron chi connectivity index (χ0n) is 5.28. The predicted molar refractivity (Wildman–Crippen MR) is 32.5 cm³/mol. The summed E-state index contributed by atoms with van der Waals surface area (Å²) in [6, 6.07) is 0.583. The van der Waals surface area contributed by atoms with Gasteiger partial charge in [0.25, 0.3) is 0 Å². The van der Waals surface area contributed by atoms with Crippen LogP contribution in [0.15, 0.2) is 0 Å². The van der Waals surface area contributed by atoms with Gasteiger partial charge in [0.15, 0.2) is 0 Å². The molecule has 1 rings (SSSR count). The number of nitrogens with two attached hydrogens (primary N) is 1. The zero-order chi connectivity index (χ0) is 8.15. The van der Waals surface area contributed by atoms with Gasteiger partial charge in [-0.05, 0) is 12.8 Å². The SMILES string of the molecule is NC1CC1.O=C(O)C(=O)O. The first-order valence-corrected chi connectivity index (χ1v) is 2.76. The first kappa shape index (κ1) is 8.90. The Morgan fingerprint density at radius 3 is 1.40 bits per heavy atom. The highest BCUT2D eigenvalue weighted by Crippen LogP contribution is 2.13. The molecule has 0 aliphatic heterocycles. The number of hydrogen-bond acceptors (Lipinski definition) is 3. The zero-order valence-corrected chi connectivity index (χ0v) is 5.28. The predicted octanol–water partition coefficient (Wildman–Crippen LogP) is -0.737. The molecule has 1 aliphatic rings. The van der Waals surface area contributed by atoms with E-state index >= 15 is 0 Å². The van der Waals surface area contributed by atoms with Gasteiger partial charge in [0, 0.05) is 6.04 Å². The van der Waals surface area contributed by atoms with Crippen molar-refractivity contribution in [2.45, 2.75) is 18.9 Å². The molecule has 0 atom stereocenters. The monoisotopic (exact) mass is 147 g/mol. The van der Waals surface area contributed by atoms with Crippen LogP contribution in [0.1, 0.15) is 12.8 Å². The third-order valence-electron chi connectivity index (χ3n) is 0.805. The van der Waals surface area contributed by atoms with E-state index in [-0.39, 0.29) is 0 Å². The molecule has 0 unspecified atom stereocenters. The summed E-state index contributed by atoms with van der Waals surface area (Å²) >= 11 is 0. The summed E-state index contributed by atoms with van der Waals surface area (Å²) < 4.78 is 0. The molecule has 5 heteroatoms. The molecule has 0 aromatic heterocycles. The Bertz CT molecular complexity index is 129. The molecular formula is C5H9NO4. The molecule has 0 heterocycles. The van der Waals surface area contributed by atoms with Crippen LogP contribution in [0.4, 0.5) is 0 Å². The van der Waals surface area contributed by atoms with Crippen LogP contribution in [0, 0.1) is 0 Å². The summed E-state index contributed by atoms with van der Waals surface area (Å²) in [6.07, 6.45) is 2.53. The molecule has 0 spiro atoms. The molecular weight excluding hydrogens is 138 g/mol. The lowest BCUT2D eigenvalue weighted by molar-refractivity contribution is -0.159. The molecule has 0 aromatic rings. The molecule has 5 nitrogen and oxygen atoms in total.